The molecule has 2 aromatic carbocycles. The second kappa shape index (κ2) is 5.33. The predicted octanol–water partition coefficient (Wildman–Crippen LogP) is 3.33. The molecule has 0 radical (unpaired) electrons. The van der Waals surface area contributed by atoms with Crippen molar-refractivity contribution in [2.75, 3.05) is 11.9 Å². The van der Waals surface area contributed by atoms with E-state index in [1.165, 1.54) is 12.1 Å². The Bertz CT molecular complexity index is 570. The molecule has 0 saturated heterocycles. The van der Waals surface area contributed by atoms with E-state index < -0.39 is 0 Å². The number of nitriles is 1. The van der Waals surface area contributed by atoms with Gasteiger partial charge in [-0.05, 0) is 35.9 Å². The molecule has 0 atom stereocenters. The molecule has 0 spiro atoms. The third-order valence-electron chi connectivity index (χ3n) is 2.75. The highest BCUT2D eigenvalue weighted by molar-refractivity contribution is 5.51. The van der Waals surface area contributed by atoms with E-state index in [1.807, 2.05) is 30.1 Å². The predicted molar refractivity (Wildman–Crippen MR) is 69.7 cm³/mol. The summed E-state index contributed by atoms with van der Waals surface area (Å²) in [6, 6.07) is 16.0. The number of anilines is 1. The number of nitrogens with zero attached hydrogens (tertiary/aromatic N) is 2. The summed E-state index contributed by atoms with van der Waals surface area (Å²) in [5, 5.41) is 8.85. The van der Waals surface area contributed by atoms with Crippen molar-refractivity contribution in [3.05, 3.63) is 65.5 Å². The van der Waals surface area contributed by atoms with Crippen LogP contribution in [0, 0.1) is 17.1 Å². The van der Waals surface area contributed by atoms with Crippen molar-refractivity contribution in [2.24, 2.45) is 0 Å². The molecule has 2 rings (SSSR count). The van der Waals surface area contributed by atoms with Crippen molar-refractivity contribution in [2.45, 2.75) is 6.54 Å². The van der Waals surface area contributed by atoms with Gasteiger partial charge in [-0.25, -0.2) is 4.39 Å². The number of benzene rings is 2. The monoisotopic (exact) mass is 240 g/mol. The third-order valence-corrected chi connectivity index (χ3v) is 2.75. The van der Waals surface area contributed by atoms with E-state index in [4.69, 9.17) is 5.26 Å². The van der Waals surface area contributed by atoms with Crippen LogP contribution in [0.4, 0.5) is 10.1 Å². The van der Waals surface area contributed by atoms with Crippen molar-refractivity contribution in [1.29, 1.82) is 5.26 Å². The minimum atomic E-state index is -0.229. The van der Waals surface area contributed by atoms with Gasteiger partial charge in [0, 0.05) is 19.3 Å². The van der Waals surface area contributed by atoms with Crippen molar-refractivity contribution in [1.82, 2.24) is 0 Å². The summed E-state index contributed by atoms with van der Waals surface area (Å²) in [6.07, 6.45) is 0. The molecule has 90 valence electrons. The maximum atomic E-state index is 12.8. The van der Waals surface area contributed by atoms with Crippen LogP contribution in [0.5, 0.6) is 0 Å². The number of rotatable bonds is 3. The van der Waals surface area contributed by atoms with Crippen LogP contribution in [0.3, 0.4) is 0 Å². The fraction of sp³-hybridized carbons (Fsp3) is 0.133. The zero-order valence-corrected chi connectivity index (χ0v) is 10.1. The van der Waals surface area contributed by atoms with E-state index in [0.29, 0.717) is 12.1 Å². The quantitative estimate of drug-likeness (QED) is 0.822. The summed E-state index contributed by atoms with van der Waals surface area (Å²) >= 11 is 0. The van der Waals surface area contributed by atoms with Gasteiger partial charge in [0.2, 0.25) is 0 Å². The van der Waals surface area contributed by atoms with E-state index in [9.17, 15) is 4.39 Å². The van der Waals surface area contributed by atoms with E-state index in [-0.39, 0.29) is 5.82 Å². The molecule has 2 nitrogen and oxygen atoms in total. The van der Waals surface area contributed by atoms with Crippen molar-refractivity contribution in [3.63, 3.8) is 0 Å². The molecule has 0 fully saturated rings. The Hall–Kier alpha value is -2.34. The number of hydrogen-bond donors (Lipinski definition) is 0. The standard InChI is InChI=1S/C15H13FN2/c1-18(11-12-5-7-14(16)8-6-12)15-4-2-3-13(9-15)10-17/h2-9H,11H2,1H3. The summed E-state index contributed by atoms with van der Waals surface area (Å²) < 4.78 is 12.8. The highest BCUT2D eigenvalue weighted by atomic mass is 19.1. The van der Waals surface area contributed by atoms with Crippen molar-refractivity contribution < 1.29 is 4.39 Å². The Kier molecular flexibility index (Phi) is 3.59. The van der Waals surface area contributed by atoms with Gasteiger partial charge in [-0.1, -0.05) is 18.2 Å². The van der Waals surface area contributed by atoms with Crippen LogP contribution in [0.2, 0.25) is 0 Å². The Morgan fingerprint density at radius 1 is 1.17 bits per heavy atom. The largest absolute Gasteiger partial charge is 0.370 e. The smallest absolute Gasteiger partial charge is 0.123 e. The van der Waals surface area contributed by atoms with Crippen LogP contribution in [-0.2, 0) is 6.54 Å². The van der Waals surface area contributed by atoms with E-state index in [2.05, 4.69) is 6.07 Å². The summed E-state index contributed by atoms with van der Waals surface area (Å²) in [4.78, 5) is 2.02. The normalized spacial score (nSPS) is 9.83. The Labute approximate surface area is 106 Å². The minimum absolute atomic E-state index is 0.229. The first kappa shape index (κ1) is 12.1. The molecule has 0 heterocycles. The first-order valence-corrected chi connectivity index (χ1v) is 5.65. The molecule has 0 amide bonds. The lowest BCUT2D eigenvalue weighted by molar-refractivity contribution is 0.627. The van der Waals surface area contributed by atoms with Gasteiger partial charge in [0.05, 0.1) is 11.6 Å². The molecular weight excluding hydrogens is 227 g/mol. The SMILES string of the molecule is CN(Cc1ccc(F)cc1)c1cccc(C#N)c1. The van der Waals surface area contributed by atoms with E-state index in [1.54, 1.807) is 18.2 Å². The third kappa shape index (κ3) is 2.86. The van der Waals surface area contributed by atoms with Crippen molar-refractivity contribution in [3.8, 4) is 6.07 Å². The van der Waals surface area contributed by atoms with E-state index in [0.717, 1.165) is 11.3 Å². The van der Waals surface area contributed by atoms with Crippen LogP contribution in [0.1, 0.15) is 11.1 Å². The van der Waals surface area contributed by atoms with Crippen LogP contribution in [0.25, 0.3) is 0 Å². The first-order valence-electron chi connectivity index (χ1n) is 5.65. The number of halogens is 1. The van der Waals surface area contributed by atoms with Crippen LogP contribution < -0.4 is 4.90 Å². The second-order valence-corrected chi connectivity index (χ2v) is 4.14. The summed E-state index contributed by atoms with van der Waals surface area (Å²) in [5.41, 5.74) is 2.64. The fourth-order valence-corrected chi connectivity index (χ4v) is 1.77. The molecule has 0 unspecified atom stereocenters. The van der Waals surface area contributed by atoms with Gasteiger partial charge < -0.3 is 4.90 Å². The van der Waals surface area contributed by atoms with Gasteiger partial charge >= 0.3 is 0 Å². The molecule has 0 aromatic heterocycles. The molecule has 0 saturated carbocycles. The van der Waals surface area contributed by atoms with Gasteiger partial charge in [-0.15, -0.1) is 0 Å². The fourth-order valence-electron chi connectivity index (χ4n) is 1.77. The topological polar surface area (TPSA) is 27.0 Å². The molecule has 2 aromatic rings. The molecule has 18 heavy (non-hydrogen) atoms. The summed E-state index contributed by atoms with van der Waals surface area (Å²) in [7, 11) is 1.94. The Morgan fingerprint density at radius 2 is 1.89 bits per heavy atom. The van der Waals surface area contributed by atoms with E-state index >= 15 is 0 Å². The van der Waals surface area contributed by atoms with Gasteiger partial charge in [-0.3, -0.25) is 0 Å². The second-order valence-electron chi connectivity index (χ2n) is 4.14. The first-order chi connectivity index (χ1) is 8.69. The zero-order chi connectivity index (χ0) is 13.0. The molecule has 0 N–H and O–H groups in total. The van der Waals surface area contributed by atoms with Crippen LogP contribution >= 0.6 is 0 Å². The van der Waals surface area contributed by atoms with Gasteiger partial charge in [0.1, 0.15) is 5.82 Å². The molecular formula is C15H13FN2. The molecule has 0 aliphatic heterocycles. The molecule has 0 bridgehead atoms. The van der Waals surface area contributed by atoms with Gasteiger partial charge in [0.15, 0.2) is 0 Å². The summed E-state index contributed by atoms with van der Waals surface area (Å²) in [6.45, 7) is 0.676. The van der Waals surface area contributed by atoms with Gasteiger partial charge in [-0.2, -0.15) is 5.26 Å². The maximum absolute atomic E-state index is 12.8. The average molecular weight is 240 g/mol. The zero-order valence-electron chi connectivity index (χ0n) is 10.1. The van der Waals surface area contributed by atoms with Crippen LogP contribution in [0.15, 0.2) is 48.5 Å². The Balaban J connectivity index is 2.14. The Morgan fingerprint density at radius 3 is 2.56 bits per heavy atom. The highest BCUT2D eigenvalue weighted by Gasteiger charge is 2.03. The average Bonchev–Trinajstić information content (AvgIpc) is 2.41. The highest BCUT2D eigenvalue weighted by Crippen LogP contribution is 2.17. The lowest BCUT2D eigenvalue weighted by atomic mass is 10.1. The van der Waals surface area contributed by atoms with Crippen LogP contribution in [-0.4, -0.2) is 7.05 Å². The minimum Gasteiger partial charge on any atom is -0.370 e. The van der Waals surface area contributed by atoms with Crippen molar-refractivity contribution >= 4 is 5.69 Å². The molecule has 0 aliphatic rings. The molecule has 3 heteroatoms. The van der Waals surface area contributed by atoms with Gasteiger partial charge in [0.25, 0.3) is 0 Å². The lowest BCUT2D eigenvalue weighted by Crippen LogP contribution is -2.16. The molecule has 0 aliphatic carbocycles. The number of hydrogen-bond acceptors (Lipinski definition) is 2. The summed E-state index contributed by atoms with van der Waals surface area (Å²) in [5.74, 6) is -0.229. The lowest BCUT2D eigenvalue weighted by Gasteiger charge is -2.19. The maximum Gasteiger partial charge on any atom is 0.123 e.